The Bertz CT molecular complexity index is 1360. The number of aliphatic imine (C=N–C) groups is 1. The van der Waals surface area contributed by atoms with Gasteiger partial charge in [-0.2, -0.15) is 0 Å². The van der Waals surface area contributed by atoms with Crippen LogP contribution >= 0.6 is 0 Å². The van der Waals surface area contributed by atoms with Crippen molar-refractivity contribution in [3.63, 3.8) is 0 Å². The second kappa shape index (κ2) is 11.8. The first-order valence-corrected chi connectivity index (χ1v) is 12.0. The molecule has 0 radical (unpaired) electrons. The quantitative estimate of drug-likeness (QED) is 0.342. The van der Waals surface area contributed by atoms with Crippen molar-refractivity contribution in [2.45, 2.75) is 20.3 Å². The first-order valence-electron chi connectivity index (χ1n) is 12.0. The van der Waals surface area contributed by atoms with Gasteiger partial charge in [-0.25, -0.2) is 9.79 Å². The Balaban J connectivity index is 1.48. The van der Waals surface area contributed by atoms with Gasteiger partial charge in [0.1, 0.15) is 17.2 Å². The van der Waals surface area contributed by atoms with Gasteiger partial charge in [0.05, 0.1) is 18.0 Å². The van der Waals surface area contributed by atoms with Crippen LogP contribution in [-0.2, 0) is 14.3 Å². The van der Waals surface area contributed by atoms with E-state index in [1.807, 2.05) is 43.3 Å². The third-order valence-corrected chi connectivity index (χ3v) is 5.57. The van der Waals surface area contributed by atoms with E-state index in [1.165, 1.54) is 0 Å². The normalized spacial score (nSPS) is 12.4. The molecule has 8 nitrogen and oxygen atoms in total. The molecular formula is C29H27N3O5. The summed E-state index contributed by atoms with van der Waals surface area (Å²) in [5, 5.41) is 5.95. The smallest absolute Gasteiger partial charge is 0.343 e. The molecule has 2 N–H and O–H groups in total. The molecule has 0 atom stereocenters. The van der Waals surface area contributed by atoms with Gasteiger partial charge in [0.25, 0.3) is 5.91 Å². The Kier molecular flexibility index (Phi) is 8.10. The standard InChI is InChI=1S/C29H27N3O5/c1-3-22-26(29(35)36-4-2)28(31-24-13-9-8-12-23(24)30-22)32-25(33)18-37-21-16-14-20(15-17-21)27(34)19-10-6-5-7-11-19/h5-17,30H,3-4,18H2,1-2H3,(H,31,32,33). The van der Waals surface area contributed by atoms with E-state index < -0.39 is 11.9 Å². The fourth-order valence-electron chi connectivity index (χ4n) is 3.78. The lowest BCUT2D eigenvalue weighted by atomic mass is 10.0. The second-order valence-electron chi connectivity index (χ2n) is 8.09. The first-order chi connectivity index (χ1) is 18.0. The number of benzene rings is 3. The highest BCUT2D eigenvalue weighted by molar-refractivity contribution is 6.24. The predicted octanol–water partition coefficient (Wildman–Crippen LogP) is 4.80. The van der Waals surface area contributed by atoms with Crippen LogP contribution in [0.3, 0.4) is 0 Å². The van der Waals surface area contributed by atoms with Crippen LogP contribution in [0.2, 0.25) is 0 Å². The highest BCUT2D eigenvalue weighted by atomic mass is 16.5. The maximum Gasteiger partial charge on any atom is 0.343 e. The van der Waals surface area contributed by atoms with Crippen molar-refractivity contribution in [3.05, 3.63) is 101 Å². The minimum atomic E-state index is -0.585. The number of allylic oxidation sites excluding steroid dienone is 1. The van der Waals surface area contributed by atoms with E-state index in [4.69, 9.17) is 9.47 Å². The fourth-order valence-corrected chi connectivity index (χ4v) is 3.78. The molecule has 188 valence electrons. The summed E-state index contributed by atoms with van der Waals surface area (Å²) in [5.74, 6) is -0.677. The van der Waals surface area contributed by atoms with E-state index in [0.717, 1.165) is 0 Å². The number of carbonyl (C=O) groups is 3. The lowest BCUT2D eigenvalue weighted by Gasteiger charge is -2.15. The van der Waals surface area contributed by atoms with Gasteiger partial charge in [-0.1, -0.05) is 49.4 Å². The third kappa shape index (κ3) is 6.10. The number of ether oxygens (including phenoxy) is 2. The number of hydrogen-bond acceptors (Lipinski definition) is 7. The fraction of sp³-hybridized carbons (Fsp3) is 0.172. The number of nitrogens with zero attached hydrogens (tertiary/aromatic N) is 1. The molecule has 0 aliphatic carbocycles. The zero-order valence-electron chi connectivity index (χ0n) is 20.6. The third-order valence-electron chi connectivity index (χ3n) is 5.57. The largest absolute Gasteiger partial charge is 0.484 e. The van der Waals surface area contributed by atoms with Crippen LogP contribution in [0.1, 0.15) is 36.2 Å². The first kappa shape index (κ1) is 25.4. The molecule has 4 rings (SSSR count). The van der Waals surface area contributed by atoms with Crippen molar-refractivity contribution >= 4 is 34.9 Å². The van der Waals surface area contributed by atoms with Crippen LogP contribution in [0.4, 0.5) is 11.4 Å². The van der Waals surface area contributed by atoms with Crippen LogP contribution in [0.25, 0.3) is 0 Å². The molecule has 0 bridgehead atoms. The lowest BCUT2D eigenvalue weighted by molar-refractivity contribution is -0.137. The molecule has 1 heterocycles. The molecule has 8 heteroatoms. The van der Waals surface area contributed by atoms with E-state index in [0.29, 0.717) is 40.4 Å². The molecule has 0 saturated carbocycles. The summed E-state index contributed by atoms with van der Waals surface area (Å²) in [6, 6.07) is 22.8. The van der Waals surface area contributed by atoms with Crippen LogP contribution in [-0.4, -0.2) is 36.7 Å². The zero-order valence-corrected chi connectivity index (χ0v) is 20.6. The average Bonchev–Trinajstić information content (AvgIpc) is 3.08. The van der Waals surface area contributed by atoms with Gasteiger partial charge in [-0.15, -0.1) is 0 Å². The van der Waals surface area contributed by atoms with Crippen LogP contribution in [0, 0.1) is 0 Å². The Morgan fingerprint density at radius 2 is 1.54 bits per heavy atom. The van der Waals surface area contributed by atoms with Gasteiger partial charge in [0.15, 0.2) is 12.4 Å². The summed E-state index contributed by atoms with van der Waals surface area (Å²) in [6.07, 6.45) is 0.488. The summed E-state index contributed by atoms with van der Waals surface area (Å²) in [4.78, 5) is 42.8. The Morgan fingerprint density at radius 3 is 2.24 bits per heavy atom. The molecule has 3 aromatic carbocycles. The van der Waals surface area contributed by atoms with Crippen molar-refractivity contribution < 1.29 is 23.9 Å². The number of rotatable bonds is 8. The average molecular weight is 498 g/mol. The van der Waals surface area contributed by atoms with Gasteiger partial charge >= 0.3 is 5.97 Å². The number of fused-ring (bicyclic) bond motifs is 1. The number of para-hydroxylation sites is 2. The number of carbonyl (C=O) groups excluding carboxylic acids is 3. The number of esters is 1. The topological polar surface area (TPSA) is 106 Å². The zero-order chi connectivity index (χ0) is 26.2. The van der Waals surface area contributed by atoms with Gasteiger partial charge in [0.2, 0.25) is 0 Å². The van der Waals surface area contributed by atoms with E-state index in [2.05, 4.69) is 15.6 Å². The molecule has 0 aromatic heterocycles. The monoisotopic (exact) mass is 497 g/mol. The maximum atomic E-state index is 12.8. The summed E-state index contributed by atoms with van der Waals surface area (Å²) in [7, 11) is 0. The molecule has 37 heavy (non-hydrogen) atoms. The second-order valence-corrected chi connectivity index (χ2v) is 8.09. The molecule has 1 aliphatic heterocycles. The van der Waals surface area contributed by atoms with Crippen LogP contribution < -0.4 is 15.4 Å². The molecule has 1 amide bonds. The van der Waals surface area contributed by atoms with Gasteiger partial charge in [-0.05, 0) is 49.7 Å². The van der Waals surface area contributed by atoms with Crippen molar-refractivity contribution in [3.8, 4) is 5.75 Å². The van der Waals surface area contributed by atoms with Crippen LogP contribution in [0.5, 0.6) is 5.75 Å². The van der Waals surface area contributed by atoms with E-state index in [-0.39, 0.29) is 30.4 Å². The van der Waals surface area contributed by atoms with Crippen molar-refractivity contribution in [1.82, 2.24) is 5.32 Å². The number of ketones is 1. The van der Waals surface area contributed by atoms with Crippen LogP contribution in [0.15, 0.2) is 95.1 Å². The highest BCUT2D eigenvalue weighted by Crippen LogP contribution is 2.31. The molecular weight excluding hydrogens is 470 g/mol. The molecule has 0 unspecified atom stereocenters. The predicted molar refractivity (Wildman–Crippen MR) is 141 cm³/mol. The SMILES string of the molecule is CCOC(=O)C1=C(CC)Nc2ccccc2N=C1NC(=O)COc1ccc(C(=O)c2ccccc2)cc1. The number of nitrogens with one attached hydrogen (secondary N) is 2. The van der Waals surface area contributed by atoms with E-state index in [9.17, 15) is 14.4 Å². The number of amidine groups is 1. The molecule has 0 saturated heterocycles. The minimum absolute atomic E-state index is 0.0881. The number of hydrogen-bond donors (Lipinski definition) is 2. The molecule has 0 fully saturated rings. The Morgan fingerprint density at radius 1 is 0.865 bits per heavy atom. The summed E-state index contributed by atoms with van der Waals surface area (Å²) >= 11 is 0. The minimum Gasteiger partial charge on any atom is -0.484 e. The number of anilines is 1. The highest BCUT2D eigenvalue weighted by Gasteiger charge is 2.27. The molecule has 1 aliphatic rings. The van der Waals surface area contributed by atoms with Gasteiger partial charge in [-0.3, -0.25) is 9.59 Å². The lowest BCUT2D eigenvalue weighted by Crippen LogP contribution is -2.38. The van der Waals surface area contributed by atoms with Gasteiger partial charge < -0.3 is 20.1 Å². The maximum absolute atomic E-state index is 12.8. The Hall–Kier alpha value is -4.72. The summed E-state index contributed by atoms with van der Waals surface area (Å²) in [6.45, 7) is 3.46. The van der Waals surface area contributed by atoms with Crippen molar-refractivity contribution in [2.24, 2.45) is 4.99 Å². The molecule has 0 spiro atoms. The Labute approximate surface area is 215 Å². The summed E-state index contributed by atoms with van der Waals surface area (Å²) in [5.41, 5.74) is 3.14. The van der Waals surface area contributed by atoms with Gasteiger partial charge in [0, 0.05) is 16.8 Å². The van der Waals surface area contributed by atoms with Crippen molar-refractivity contribution in [2.75, 3.05) is 18.5 Å². The summed E-state index contributed by atoms with van der Waals surface area (Å²) < 4.78 is 10.9. The molecule has 3 aromatic rings. The van der Waals surface area contributed by atoms with E-state index >= 15 is 0 Å². The van der Waals surface area contributed by atoms with Crippen molar-refractivity contribution in [1.29, 1.82) is 0 Å². The van der Waals surface area contributed by atoms with E-state index in [1.54, 1.807) is 49.4 Å². The number of amides is 1.